The molecule has 0 aliphatic heterocycles. The molecule has 0 saturated carbocycles. The predicted octanol–water partition coefficient (Wildman–Crippen LogP) is 5.27. The number of amides is 2. The van der Waals surface area contributed by atoms with Gasteiger partial charge in [0.05, 0.1) is 16.4 Å². The lowest BCUT2D eigenvalue weighted by molar-refractivity contribution is -0.116. The average molecular weight is 416 g/mol. The third-order valence-electron chi connectivity index (χ3n) is 3.62. The predicted molar refractivity (Wildman–Crippen MR) is 110 cm³/mol. The largest absolute Gasteiger partial charge is 0.322 e. The fraction of sp³-hybridized carbons (Fsp3) is 0.0500. The molecule has 0 fully saturated rings. The Balaban J connectivity index is 1.71. The van der Waals surface area contributed by atoms with Gasteiger partial charge in [0.2, 0.25) is 11.8 Å². The number of carbonyl (C=O) groups excluding carboxylic acids is 2. The lowest BCUT2D eigenvalue weighted by Gasteiger charge is -2.17. The Morgan fingerprint density at radius 2 is 1.96 bits per heavy atom. The third-order valence-corrected chi connectivity index (χ3v) is 4.77. The third kappa shape index (κ3) is 4.82. The fourth-order valence-electron chi connectivity index (χ4n) is 2.38. The van der Waals surface area contributed by atoms with Crippen LogP contribution in [0.2, 0.25) is 5.02 Å². The molecule has 1 heterocycles. The van der Waals surface area contributed by atoms with E-state index in [1.54, 1.807) is 5.38 Å². The van der Waals surface area contributed by atoms with Crippen LogP contribution >= 0.6 is 22.9 Å². The quantitative estimate of drug-likeness (QED) is 0.577. The number of rotatable bonds is 5. The summed E-state index contributed by atoms with van der Waals surface area (Å²) in [6.45, 7) is 1.46. The number of halogens is 2. The topological polar surface area (TPSA) is 62.3 Å². The summed E-state index contributed by atoms with van der Waals surface area (Å²) < 4.78 is 13.4. The van der Waals surface area contributed by atoms with Crippen molar-refractivity contribution in [2.24, 2.45) is 0 Å². The van der Waals surface area contributed by atoms with E-state index in [-0.39, 0.29) is 10.9 Å². The standard InChI is InChI=1S/C20H15ClFN3O2S/c1-13(26)25(16-5-3-2-4-6-16)20-24-15(12-28-20)8-10-19(27)23-14-7-9-17(21)18(22)11-14/h2-12H,1H3,(H,23,27). The second-order valence-corrected chi connectivity index (χ2v) is 6.94. The summed E-state index contributed by atoms with van der Waals surface area (Å²) in [5.74, 6) is -1.22. The Bertz CT molecular complexity index is 1040. The van der Waals surface area contributed by atoms with Crippen molar-refractivity contribution >= 4 is 57.3 Å². The number of nitrogens with zero attached hydrogens (tertiary/aromatic N) is 2. The van der Waals surface area contributed by atoms with Crippen LogP contribution in [0.1, 0.15) is 12.6 Å². The molecule has 0 bridgehead atoms. The number of hydrogen-bond donors (Lipinski definition) is 1. The molecular formula is C20H15ClFN3O2S. The summed E-state index contributed by atoms with van der Waals surface area (Å²) in [5, 5.41) is 4.76. The van der Waals surface area contributed by atoms with Gasteiger partial charge in [0.15, 0.2) is 5.13 Å². The molecule has 0 aliphatic rings. The van der Waals surface area contributed by atoms with Crippen molar-refractivity contribution in [1.82, 2.24) is 4.98 Å². The second-order valence-electron chi connectivity index (χ2n) is 5.70. The van der Waals surface area contributed by atoms with E-state index in [9.17, 15) is 14.0 Å². The minimum absolute atomic E-state index is 0.0167. The first-order chi connectivity index (χ1) is 13.4. The molecule has 2 aromatic carbocycles. The zero-order valence-electron chi connectivity index (χ0n) is 14.7. The second kappa shape index (κ2) is 8.77. The maximum atomic E-state index is 13.4. The zero-order chi connectivity index (χ0) is 20.1. The van der Waals surface area contributed by atoms with Gasteiger partial charge in [0.25, 0.3) is 0 Å². The molecule has 142 valence electrons. The number of nitrogens with one attached hydrogen (secondary N) is 1. The number of para-hydroxylation sites is 1. The highest BCUT2D eigenvalue weighted by Gasteiger charge is 2.17. The molecule has 28 heavy (non-hydrogen) atoms. The Labute approximate surface area is 170 Å². The minimum Gasteiger partial charge on any atom is -0.322 e. The van der Waals surface area contributed by atoms with Crippen molar-refractivity contribution < 1.29 is 14.0 Å². The Hall–Kier alpha value is -3.03. The molecule has 5 nitrogen and oxygen atoms in total. The molecule has 3 aromatic rings. The van der Waals surface area contributed by atoms with Crippen LogP contribution in [-0.4, -0.2) is 16.8 Å². The van der Waals surface area contributed by atoms with E-state index < -0.39 is 11.7 Å². The first-order valence-electron chi connectivity index (χ1n) is 8.19. The lowest BCUT2D eigenvalue weighted by Crippen LogP contribution is -2.22. The number of anilines is 3. The Morgan fingerprint density at radius 1 is 1.21 bits per heavy atom. The minimum atomic E-state index is -0.613. The van der Waals surface area contributed by atoms with Crippen molar-refractivity contribution in [3.05, 3.63) is 76.5 Å². The van der Waals surface area contributed by atoms with Gasteiger partial charge in [0, 0.05) is 24.1 Å². The summed E-state index contributed by atoms with van der Waals surface area (Å²) in [6, 6.07) is 13.2. The lowest BCUT2D eigenvalue weighted by atomic mass is 10.3. The molecule has 0 aliphatic carbocycles. The van der Waals surface area contributed by atoms with Crippen LogP contribution in [0.15, 0.2) is 60.0 Å². The van der Waals surface area contributed by atoms with E-state index in [0.29, 0.717) is 22.2 Å². The molecule has 3 rings (SSSR count). The van der Waals surface area contributed by atoms with Crippen LogP contribution in [0.4, 0.5) is 20.9 Å². The van der Waals surface area contributed by atoms with Gasteiger partial charge in [-0.05, 0) is 36.4 Å². The van der Waals surface area contributed by atoms with Crippen LogP contribution in [0.3, 0.4) is 0 Å². The number of aromatic nitrogens is 1. The molecule has 0 atom stereocenters. The summed E-state index contributed by atoms with van der Waals surface area (Å²) in [6.07, 6.45) is 2.80. The summed E-state index contributed by atoms with van der Waals surface area (Å²) >= 11 is 6.90. The molecule has 0 spiro atoms. The molecule has 0 unspecified atom stereocenters. The number of carbonyl (C=O) groups is 2. The molecule has 0 radical (unpaired) electrons. The molecule has 0 saturated heterocycles. The van der Waals surface area contributed by atoms with Crippen LogP contribution in [0.5, 0.6) is 0 Å². The maximum absolute atomic E-state index is 13.4. The van der Waals surface area contributed by atoms with Crippen molar-refractivity contribution in [3.63, 3.8) is 0 Å². The first-order valence-corrected chi connectivity index (χ1v) is 9.45. The Kier molecular flexibility index (Phi) is 6.18. The van der Waals surface area contributed by atoms with Crippen LogP contribution in [0, 0.1) is 5.82 Å². The molecular weight excluding hydrogens is 401 g/mol. The van der Waals surface area contributed by atoms with Crippen molar-refractivity contribution in [3.8, 4) is 0 Å². The van der Waals surface area contributed by atoms with Gasteiger partial charge < -0.3 is 5.32 Å². The fourth-order valence-corrected chi connectivity index (χ4v) is 3.35. The van der Waals surface area contributed by atoms with Gasteiger partial charge in [-0.15, -0.1) is 11.3 Å². The van der Waals surface area contributed by atoms with Crippen LogP contribution in [-0.2, 0) is 9.59 Å². The van der Waals surface area contributed by atoms with E-state index in [2.05, 4.69) is 10.3 Å². The van der Waals surface area contributed by atoms with Gasteiger partial charge in [-0.1, -0.05) is 29.8 Å². The van der Waals surface area contributed by atoms with Gasteiger partial charge >= 0.3 is 0 Å². The van der Waals surface area contributed by atoms with Crippen LogP contribution < -0.4 is 10.2 Å². The van der Waals surface area contributed by atoms with Gasteiger partial charge in [-0.3, -0.25) is 14.5 Å². The molecule has 2 amide bonds. The van der Waals surface area contributed by atoms with E-state index in [1.807, 2.05) is 30.3 Å². The number of hydrogen-bond acceptors (Lipinski definition) is 4. The molecule has 1 aromatic heterocycles. The first kappa shape index (κ1) is 19.7. The van der Waals surface area contributed by atoms with E-state index >= 15 is 0 Å². The highest BCUT2D eigenvalue weighted by Crippen LogP contribution is 2.29. The van der Waals surface area contributed by atoms with Crippen molar-refractivity contribution in [1.29, 1.82) is 0 Å². The zero-order valence-corrected chi connectivity index (χ0v) is 16.3. The van der Waals surface area contributed by atoms with E-state index in [4.69, 9.17) is 11.6 Å². The summed E-state index contributed by atoms with van der Waals surface area (Å²) in [4.78, 5) is 29.9. The monoisotopic (exact) mass is 415 g/mol. The highest BCUT2D eigenvalue weighted by atomic mass is 35.5. The Morgan fingerprint density at radius 3 is 2.64 bits per heavy atom. The molecule has 1 N–H and O–H groups in total. The summed E-state index contributed by atoms with van der Waals surface area (Å²) in [7, 11) is 0. The maximum Gasteiger partial charge on any atom is 0.248 e. The highest BCUT2D eigenvalue weighted by molar-refractivity contribution is 7.14. The normalized spacial score (nSPS) is 10.8. The van der Waals surface area contributed by atoms with E-state index in [1.165, 1.54) is 47.4 Å². The van der Waals surface area contributed by atoms with Crippen LogP contribution in [0.25, 0.3) is 6.08 Å². The summed E-state index contributed by atoms with van der Waals surface area (Å²) in [5.41, 5.74) is 1.53. The van der Waals surface area contributed by atoms with Gasteiger partial charge in [-0.2, -0.15) is 0 Å². The van der Waals surface area contributed by atoms with Gasteiger partial charge in [-0.25, -0.2) is 9.37 Å². The molecule has 8 heteroatoms. The average Bonchev–Trinajstić information content (AvgIpc) is 3.12. The SMILES string of the molecule is CC(=O)N(c1ccccc1)c1nc(C=CC(=O)Nc2ccc(Cl)c(F)c2)cs1. The van der Waals surface area contributed by atoms with Gasteiger partial charge in [0.1, 0.15) is 5.82 Å². The van der Waals surface area contributed by atoms with Crippen molar-refractivity contribution in [2.75, 3.05) is 10.2 Å². The van der Waals surface area contributed by atoms with E-state index in [0.717, 1.165) is 6.07 Å². The number of benzene rings is 2. The number of thiazole rings is 1. The smallest absolute Gasteiger partial charge is 0.248 e. The van der Waals surface area contributed by atoms with Crippen molar-refractivity contribution in [2.45, 2.75) is 6.92 Å².